The Morgan fingerprint density at radius 1 is 0.421 bits per heavy atom. The van der Waals surface area contributed by atoms with E-state index in [9.17, 15) is 83.7 Å². The van der Waals surface area contributed by atoms with Crippen molar-refractivity contribution in [3.8, 4) is 11.4 Å². The van der Waals surface area contributed by atoms with E-state index in [2.05, 4.69) is 45.9 Å². The van der Waals surface area contributed by atoms with Crippen molar-refractivity contribution in [2.24, 2.45) is 0 Å². The van der Waals surface area contributed by atoms with E-state index in [-0.39, 0.29) is 143 Å². The van der Waals surface area contributed by atoms with Crippen LogP contribution in [0.3, 0.4) is 0 Å². The quantitative estimate of drug-likeness (QED) is 0.0243. The minimum Gasteiger partial charge on any atom is -0.480 e. The van der Waals surface area contributed by atoms with Gasteiger partial charge in [0.25, 0.3) is 0 Å². The molecule has 140 heavy (non-hydrogen) atoms. The third-order valence-electron chi connectivity index (χ3n) is 24.2. The summed E-state index contributed by atoms with van der Waals surface area (Å²) in [6, 6.07) is 30.1. The summed E-state index contributed by atoms with van der Waals surface area (Å²) < 4.78 is 126. The first-order valence-electron chi connectivity index (χ1n) is 44.4. The van der Waals surface area contributed by atoms with Gasteiger partial charge in [0.2, 0.25) is 53.7 Å². The lowest BCUT2D eigenvalue weighted by Crippen LogP contribution is -2.56. The Balaban J connectivity index is 0.559. The second-order valence-electron chi connectivity index (χ2n) is 34.7. The van der Waals surface area contributed by atoms with E-state index in [0.717, 1.165) is 12.9 Å². The number of carbonyl (C=O) groups is 7. The number of fused-ring (bicyclic) bond motifs is 3. The van der Waals surface area contributed by atoms with Crippen molar-refractivity contribution in [2.45, 2.75) is 151 Å². The standard InChI is InChI=1S/C93H103N17O24S6/c1-91(2)76(105(56-135-91)138(123,124)66-13-7-31-94-50-66)82(111)100-71(86(115)116)47-59-19-25-62(26-20-59)108-79-69(16-10-34-97-79)70(85(108)114)55-133-44-43-132-54-65(134-46-45-130-40-38-104-75-18-12-36-99-81(75)110(90(104)122)64-29-23-61(24-30-64)49-73(88(119)120)102-84(113)78-93(5,6)137-58-107(78)140(127,128)68-15-9-33-96-52-68)53-131-42-41-129-39-37-103-74-17-11-35-98-80(74)109(89(103)121)63-27-21-60(22-28-63)48-72(87(117)118)101-83(112)77-92(3,4)136-57-106(77)139(125,126)67-14-8-32-95-51-67/h7-36,50-52,65,70-73,76-78H,37-49,53-58H2,1-6H3,(H,100,111)(H,101,112)(H,102,113)(H,115,116)(H,117,118)(H,119,120)/t65?,70?,71-,72-,73-,76+,77+,78+/m0/s1. The van der Waals surface area contributed by atoms with Gasteiger partial charge in [0.05, 0.1) is 137 Å². The normalized spacial score (nSPS) is 18.6. The third kappa shape index (κ3) is 22.6. The number of thioether (sulfide) groups is 3. The average molecular weight is 2040 g/mol. The van der Waals surface area contributed by atoms with Gasteiger partial charge < -0.3 is 59.7 Å². The van der Waals surface area contributed by atoms with Crippen LogP contribution in [-0.4, -0.2) is 290 Å². The summed E-state index contributed by atoms with van der Waals surface area (Å²) in [5, 5.41) is 38.9. The van der Waals surface area contributed by atoms with Gasteiger partial charge in [-0.2, -0.15) is 12.9 Å². The first-order chi connectivity index (χ1) is 67.0. The Bertz CT molecular complexity index is 6850. The molecule has 8 aromatic heterocycles. The Morgan fingerprint density at radius 2 is 0.764 bits per heavy atom. The predicted octanol–water partition coefficient (Wildman–Crippen LogP) is 5.86. The molecule has 6 N–H and O–H groups in total. The van der Waals surface area contributed by atoms with Crippen LogP contribution in [0.2, 0.25) is 0 Å². The maximum absolute atomic E-state index is 14.5. The first-order valence-corrected chi connectivity index (χ1v) is 51.7. The molecular formula is C93H103N17O24S6. The van der Waals surface area contributed by atoms with Crippen LogP contribution in [-0.2, 0) is 124 Å². The van der Waals surface area contributed by atoms with Crippen molar-refractivity contribution in [1.29, 1.82) is 0 Å². The fraction of sp³-hybridized carbons (Fsp3) is 0.387. The number of imidazole rings is 2. The number of ether oxygens (including phenoxy) is 6. The number of sulfonamides is 3. The zero-order chi connectivity index (χ0) is 99.6. The van der Waals surface area contributed by atoms with E-state index in [1.54, 1.807) is 157 Å². The predicted molar refractivity (Wildman–Crippen MR) is 516 cm³/mol. The van der Waals surface area contributed by atoms with Crippen molar-refractivity contribution < 1.29 is 103 Å². The number of amides is 4. The molecule has 0 radical (unpaired) electrons. The van der Waals surface area contributed by atoms with Gasteiger partial charge in [0.15, 0.2) is 11.3 Å². The largest absolute Gasteiger partial charge is 0.480 e. The van der Waals surface area contributed by atoms with Crippen LogP contribution in [0, 0.1) is 0 Å². The zero-order valence-electron chi connectivity index (χ0n) is 76.7. The van der Waals surface area contributed by atoms with Crippen molar-refractivity contribution in [2.75, 3.05) is 95.2 Å². The summed E-state index contributed by atoms with van der Waals surface area (Å²) in [5.74, 6) is -7.38. The van der Waals surface area contributed by atoms with Crippen molar-refractivity contribution in [3.63, 3.8) is 0 Å². The van der Waals surface area contributed by atoms with Gasteiger partial charge in [-0.15, -0.1) is 35.3 Å². The van der Waals surface area contributed by atoms with E-state index in [0.29, 0.717) is 67.5 Å². The first kappa shape index (κ1) is 102. The number of carbonyl (C=O) groups excluding carboxylic acids is 4. The molecule has 0 spiro atoms. The molecule has 2 unspecified atom stereocenters. The van der Waals surface area contributed by atoms with E-state index >= 15 is 0 Å². The van der Waals surface area contributed by atoms with Crippen LogP contribution in [0.15, 0.2) is 226 Å². The monoisotopic (exact) mass is 2030 g/mol. The lowest BCUT2D eigenvalue weighted by molar-refractivity contribution is -0.142. The SMILES string of the molecule is CC1(C)SCN(S(=O)(=O)c2cccnc2)[C@@H]1C(=O)N[C@@H](Cc1ccc(N2C(=O)C(COCCOCC(COCCOCCn3c(=O)n(-c4ccc(C[C@H](NC(=O)[C@H]5N(S(=O)(=O)c6cccnc6)CSC5(C)C)C(=O)O)cc4)c4ncccc43)OCCOCCn3c(=O)n(-c4ccc(C[C@H](NC(=O)[C@H]5N(S(=O)(=O)c6cccnc6)CSC5(C)C)C(=O)O)cc4)c4ncccc43)c3cccnc32)cc1)C(=O)O. The molecule has 15 rings (SSSR count). The van der Waals surface area contributed by atoms with Gasteiger partial charge in [0, 0.05) is 94.8 Å². The minimum absolute atomic E-state index is 0.00406. The van der Waals surface area contributed by atoms with Gasteiger partial charge in [-0.3, -0.25) is 48.2 Å². The Labute approximate surface area is 817 Å². The van der Waals surface area contributed by atoms with Gasteiger partial charge >= 0.3 is 29.3 Å². The highest BCUT2D eigenvalue weighted by molar-refractivity contribution is 8.02. The van der Waals surface area contributed by atoms with E-state index in [4.69, 9.17) is 28.4 Å². The van der Waals surface area contributed by atoms with Gasteiger partial charge in [-0.1, -0.05) is 42.5 Å². The van der Waals surface area contributed by atoms with Crippen LogP contribution in [0.1, 0.15) is 69.7 Å². The highest BCUT2D eigenvalue weighted by atomic mass is 32.2. The number of nitrogens with one attached hydrogen (secondary N) is 3. The van der Waals surface area contributed by atoms with Crippen LogP contribution >= 0.6 is 35.3 Å². The molecule has 4 amide bonds. The van der Waals surface area contributed by atoms with Crippen molar-refractivity contribution in [1.82, 2.24) is 77.0 Å². The molecule has 41 nitrogen and oxygen atoms in total. The number of carboxylic acids is 3. The topological polar surface area (TPSA) is 518 Å². The fourth-order valence-electron chi connectivity index (χ4n) is 17.0. The van der Waals surface area contributed by atoms with Crippen LogP contribution in [0.4, 0.5) is 11.5 Å². The van der Waals surface area contributed by atoms with E-state index in [1.165, 1.54) is 144 Å². The molecule has 740 valence electrons. The number of pyridine rings is 6. The Hall–Kier alpha value is -12.1. The van der Waals surface area contributed by atoms with Crippen molar-refractivity contribution in [3.05, 3.63) is 245 Å². The smallest absolute Gasteiger partial charge is 0.335 e. The minimum atomic E-state index is -4.21. The Morgan fingerprint density at radius 3 is 1.14 bits per heavy atom. The molecular weight excluding hydrogens is 1930 g/mol. The number of hydrogen-bond acceptors (Lipinski definition) is 30. The van der Waals surface area contributed by atoms with Gasteiger partial charge in [-0.05, 0) is 161 Å². The summed E-state index contributed by atoms with van der Waals surface area (Å²) in [6.45, 7) is 10.7. The number of carboxylic acid groups (broad SMARTS) is 3. The molecule has 0 bridgehead atoms. The number of hydrogen-bond donors (Lipinski definition) is 6. The number of rotatable bonds is 46. The number of nitrogens with zero attached hydrogens (tertiary/aromatic N) is 14. The summed E-state index contributed by atoms with van der Waals surface area (Å²) in [5.41, 5.74) is 3.99. The molecule has 8 atom stereocenters. The third-order valence-corrected chi connectivity index (χ3v) is 34.2. The highest BCUT2D eigenvalue weighted by Gasteiger charge is 2.55. The van der Waals surface area contributed by atoms with Gasteiger partial charge in [0.1, 0.15) is 62.9 Å². The number of anilines is 2. The lowest BCUT2D eigenvalue weighted by Gasteiger charge is -2.30. The van der Waals surface area contributed by atoms with Crippen LogP contribution in [0.25, 0.3) is 33.7 Å². The van der Waals surface area contributed by atoms with Gasteiger partial charge in [-0.25, -0.2) is 73.3 Å². The molecule has 11 aromatic rings. The zero-order valence-corrected chi connectivity index (χ0v) is 81.6. The molecule has 3 aromatic carbocycles. The molecule has 12 heterocycles. The fourth-order valence-corrected chi connectivity index (χ4v) is 26.4. The molecule has 0 saturated carbocycles. The second-order valence-corrected chi connectivity index (χ2v) is 45.2. The van der Waals surface area contributed by atoms with Crippen molar-refractivity contribution >= 4 is 141 Å². The molecule has 3 saturated heterocycles. The molecule has 47 heteroatoms. The summed E-state index contributed by atoms with van der Waals surface area (Å²) in [4.78, 5) is 150. The second kappa shape index (κ2) is 44.0. The molecule has 4 aliphatic heterocycles. The van der Waals surface area contributed by atoms with Crippen LogP contribution in [0.5, 0.6) is 0 Å². The Kier molecular flexibility index (Phi) is 32.1. The summed E-state index contributed by atoms with van der Waals surface area (Å²) in [6.07, 6.45) is 11.2. The van der Waals surface area contributed by atoms with E-state index in [1.807, 2.05) is 0 Å². The molecule has 0 aliphatic carbocycles. The average Bonchev–Trinajstić information content (AvgIpc) is 1.38. The highest BCUT2D eigenvalue weighted by Crippen LogP contribution is 2.46. The summed E-state index contributed by atoms with van der Waals surface area (Å²) in [7, 11) is -12.6. The van der Waals surface area contributed by atoms with Crippen LogP contribution < -0.4 is 32.2 Å². The summed E-state index contributed by atoms with van der Waals surface area (Å²) >= 11 is 3.72. The number of benzene rings is 3. The van der Waals surface area contributed by atoms with E-state index < -0.39 is 140 Å². The molecule has 4 aliphatic rings. The maximum atomic E-state index is 14.5. The molecule has 3 fully saturated rings. The number of aliphatic carboxylic acids is 3. The lowest BCUT2D eigenvalue weighted by atomic mass is 10.0. The number of aromatic nitrogens is 10. The maximum Gasteiger partial charge on any atom is 0.335 e.